The summed E-state index contributed by atoms with van der Waals surface area (Å²) in [5, 5.41) is 13.4. The molecule has 20 heavy (non-hydrogen) atoms. The van der Waals surface area contributed by atoms with Crippen LogP contribution in [0.4, 0.5) is 0 Å². The van der Waals surface area contributed by atoms with Crippen molar-refractivity contribution in [2.45, 2.75) is 58.0 Å². The van der Waals surface area contributed by atoms with Crippen LogP contribution in [0.1, 0.15) is 52.4 Å². The van der Waals surface area contributed by atoms with E-state index in [1.165, 1.54) is 12.8 Å². The number of rotatable bonds is 4. The molecule has 116 valence electrons. The topological polar surface area (TPSA) is 49.3 Å². The Morgan fingerprint density at radius 2 is 1.85 bits per heavy atom. The summed E-state index contributed by atoms with van der Waals surface area (Å²) in [7, 11) is 0. The van der Waals surface area contributed by atoms with Crippen molar-refractivity contribution in [3.63, 3.8) is 0 Å². The lowest BCUT2D eigenvalue weighted by molar-refractivity contribution is -0.127. The van der Waals surface area contributed by atoms with Gasteiger partial charge in [-0.15, -0.1) is 0 Å². The van der Waals surface area contributed by atoms with Crippen LogP contribution >= 0.6 is 11.8 Å². The summed E-state index contributed by atoms with van der Waals surface area (Å²) in [5.74, 6) is 3.88. The van der Waals surface area contributed by atoms with Crippen LogP contribution in [0.5, 0.6) is 0 Å². The smallest absolute Gasteiger partial charge is 0.223 e. The van der Waals surface area contributed by atoms with Crippen molar-refractivity contribution in [3.8, 4) is 0 Å². The Morgan fingerprint density at radius 3 is 2.40 bits per heavy atom. The standard InChI is InChI=1S/C16H29NO2S/c1-12(2)13-3-5-14(6-4-13)15(18)17-11-16(19)7-9-20-10-8-16/h12-14,19H,3-11H2,1-2H3,(H,17,18). The number of thioether (sulfide) groups is 1. The van der Waals surface area contributed by atoms with Crippen molar-refractivity contribution in [1.29, 1.82) is 0 Å². The number of carbonyl (C=O) groups excluding carboxylic acids is 1. The zero-order chi connectivity index (χ0) is 14.6. The molecule has 3 nitrogen and oxygen atoms in total. The van der Waals surface area contributed by atoms with Crippen molar-refractivity contribution in [3.05, 3.63) is 0 Å². The molecule has 0 aromatic carbocycles. The van der Waals surface area contributed by atoms with Gasteiger partial charge >= 0.3 is 0 Å². The molecule has 4 heteroatoms. The molecule has 1 saturated carbocycles. The summed E-state index contributed by atoms with van der Waals surface area (Å²) in [6, 6.07) is 0. The summed E-state index contributed by atoms with van der Waals surface area (Å²) >= 11 is 1.89. The molecule has 0 atom stereocenters. The van der Waals surface area contributed by atoms with E-state index >= 15 is 0 Å². The van der Waals surface area contributed by atoms with Crippen molar-refractivity contribution in [1.82, 2.24) is 5.32 Å². The summed E-state index contributed by atoms with van der Waals surface area (Å²) in [5.41, 5.74) is -0.657. The second-order valence-electron chi connectivity index (χ2n) is 6.91. The summed E-state index contributed by atoms with van der Waals surface area (Å²) in [6.07, 6.45) is 6.00. The van der Waals surface area contributed by atoms with Gasteiger partial charge in [-0.1, -0.05) is 13.8 Å². The van der Waals surface area contributed by atoms with Crippen LogP contribution in [0, 0.1) is 17.8 Å². The lowest BCUT2D eigenvalue weighted by Gasteiger charge is -2.34. The van der Waals surface area contributed by atoms with Gasteiger partial charge in [-0.3, -0.25) is 4.79 Å². The van der Waals surface area contributed by atoms with Gasteiger partial charge in [0.05, 0.1) is 5.60 Å². The number of carbonyl (C=O) groups is 1. The van der Waals surface area contributed by atoms with Crippen molar-refractivity contribution >= 4 is 17.7 Å². The summed E-state index contributed by atoms with van der Waals surface area (Å²) in [4.78, 5) is 12.2. The molecule has 1 heterocycles. The molecule has 2 N–H and O–H groups in total. The second-order valence-corrected chi connectivity index (χ2v) is 8.13. The van der Waals surface area contributed by atoms with E-state index in [-0.39, 0.29) is 11.8 Å². The summed E-state index contributed by atoms with van der Waals surface area (Å²) < 4.78 is 0. The fraction of sp³-hybridized carbons (Fsp3) is 0.938. The van der Waals surface area contributed by atoms with E-state index in [4.69, 9.17) is 0 Å². The molecule has 2 aliphatic rings. The predicted molar refractivity (Wildman–Crippen MR) is 84.8 cm³/mol. The first-order valence-corrected chi connectivity index (χ1v) is 9.23. The molecule has 0 spiro atoms. The second kappa shape index (κ2) is 7.17. The Kier molecular flexibility index (Phi) is 5.79. The third-order valence-corrected chi connectivity index (χ3v) is 6.09. The van der Waals surface area contributed by atoms with Gasteiger partial charge in [-0.25, -0.2) is 0 Å². The molecule has 0 aromatic heterocycles. The Balaban J connectivity index is 1.73. The highest BCUT2D eigenvalue weighted by Crippen LogP contribution is 2.33. The minimum absolute atomic E-state index is 0.166. The van der Waals surface area contributed by atoms with Gasteiger partial charge in [0.15, 0.2) is 0 Å². The minimum Gasteiger partial charge on any atom is -0.388 e. The van der Waals surface area contributed by atoms with Gasteiger partial charge in [-0.05, 0) is 61.9 Å². The van der Waals surface area contributed by atoms with E-state index < -0.39 is 5.60 Å². The third kappa shape index (κ3) is 4.39. The van der Waals surface area contributed by atoms with Crippen LogP contribution in [-0.4, -0.2) is 34.7 Å². The Labute approximate surface area is 127 Å². The lowest BCUT2D eigenvalue weighted by atomic mass is 9.76. The molecule has 0 aromatic rings. The lowest BCUT2D eigenvalue weighted by Crippen LogP contribution is -2.47. The van der Waals surface area contributed by atoms with Gasteiger partial charge in [0, 0.05) is 12.5 Å². The molecule has 1 aliphatic heterocycles. The number of hydrogen-bond acceptors (Lipinski definition) is 3. The van der Waals surface area contributed by atoms with E-state index in [2.05, 4.69) is 19.2 Å². The van der Waals surface area contributed by atoms with Crippen LogP contribution in [0.2, 0.25) is 0 Å². The van der Waals surface area contributed by atoms with Gasteiger partial charge in [-0.2, -0.15) is 11.8 Å². The Bertz CT molecular complexity index is 318. The van der Waals surface area contributed by atoms with E-state index in [0.717, 1.165) is 49.0 Å². The van der Waals surface area contributed by atoms with Crippen LogP contribution in [0.3, 0.4) is 0 Å². The van der Waals surface area contributed by atoms with Crippen molar-refractivity contribution in [2.75, 3.05) is 18.1 Å². The first kappa shape index (κ1) is 16.2. The molecular formula is C16H29NO2S. The zero-order valence-electron chi connectivity index (χ0n) is 12.9. The van der Waals surface area contributed by atoms with Crippen LogP contribution < -0.4 is 5.32 Å². The quantitative estimate of drug-likeness (QED) is 0.839. The molecule has 2 rings (SSSR count). The minimum atomic E-state index is -0.657. The monoisotopic (exact) mass is 299 g/mol. The van der Waals surface area contributed by atoms with Gasteiger partial charge in [0.1, 0.15) is 0 Å². The molecule has 1 saturated heterocycles. The molecule has 0 radical (unpaired) electrons. The van der Waals surface area contributed by atoms with Gasteiger partial charge in [0.2, 0.25) is 5.91 Å². The zero-order valence-corrected chi connectivity index (χ0v) is 13.7. The highest BCUT2D eigenvalue weighted by Gasteiger charge is 2.32. The number of nitrogens with one attached hydrogen (secondary N) is 1. The fourth-order valence-electron chi connectivity index (χ4n) is 3.37. The highest BCUT2D eigenvalue weighted by atomic mass is 32.2. The van der Waals surface area contributed by atoms with E-state index in [9.17, 15) is 9.90 Å². The highest BCUT2D eigenvalue weighted by molar-refractivity contribution is 7.99. The number of aliphatic hydroxyl groups is 1. The van der Waals surface area contributed by atoms with E-state index in [0.29, 0.717) is 6.54 Å². The predicted octanol–water partition coefficient (Wildman–Crippen LogP) is 2.82. The first-order valence-electron chi connectivity index (χ1n) is 8.08. The normalized spacial score (nSPS) is 30.2. The summed E-state index contributed by atoms with van der Waals surface area (Å²) in [6.45, 7) is 5.00. The maximum absolute atomic E-state index is 12.2. The maximum Gasteiger partial charge on any atom is 0.223 e. The van der Waals surface area contributed by atoms with Crippen LogP contribution in [0.15, 0.2) is 0 Å². The molecule has 0 unspecified atom stereocenters. The van der Waals surface area contributed by atoms with Gasteiger partial charge < -0.3 is 10.4 Å². The maximum atomic E-state index is 12.2. The number of amides is 1. The van der Waals surface area contributed by atoms with E-state index in [1.807, 2.05) is 11.8 Å². The number of hydrogen-bond donors (Lipinski definition) is 2. The van der Waals surface area contributed by atoms with Gasteiger partial charge in [0.25, 0.3) is 0 Å². The SMILES string of the molecule is CC(C)C1CCC(C(=O)NCC2(O)CCSCC2)CC1. The van der Waals surface area contributed by atoms with Crippen molar-refractivity contribution in [2.24, 2.45) is 17.8 Å². The molecule has 2 fully saturated rings. The molecule has 1 amide bonds. The van der Waals surface area contributed by atoms with Crippen molar-refractivity contribution < 1.29 is 9.90 Å². The fourth-order valence-corrected chi connectivity index (χ4v) is 4.62. The largest absolute Gasteiger partial charge is 0.388 e. The average molecular weight is 299 g/mol. The van der Waals surface area contributed by atoms with Crippen LogP contribution in [0.25, 0.3) is 0 Å². The van der Waals surface area contributed by atoms with E-state index in [1.54, 1.807) is 0 Å². The third-order valence-electron chi connectivity index (χ3n) is 5.10. The first-order chi connectivity index (χ1) is 9.50. The molecular weight excluding hydrogens is 270 g/mol. The average Bonchev–Trinajstić information content (AvgIpc) is 2.46. The molecule has 1 aliphatic carbocycles. The molecule has 0 bridgehead atoms. The van der Waals surface area contributed by atoms with Crippen LogP contribution in [-0.2, 0) is 4.79 Å². The Morgan fingerprint density at radius 1 is 1.25 bits per heavy atom. The Hall–Kier alpha value is -0.220.